The fourth-order valence-corrected chi connectivity index (χ4v) is 3.69. The Morgan fingerprint density at radius 2 is 1.78 bits per heavy atom. The molecule has 0 radical (unpaired) electrons. The minimum absolute atomic E-state index is 0.306. The van der Waals surface area contributed by atoms with Gasteiger partial charge in [-0.05, 0) is 56.2 Å². The number of aliphatic imine (C=N–C) groups is 2. The molecule has 1 aromatic carbocycles. The van der Waals surface area contributed by atoms with E-state index in [0.717, 1.165) is 37.8 Å². The maximum Gasteiger partial charge on any atom is 0.220 e. The fraction of sp³-hybridized carbons (Fsp3) is 0.556. The van der Waals surface area contributed by atoms with E-state index in [9.17, 15) is 0 Å². The number of guanidine groups is 2. The summed E-state index contributed by atoms with van der Waals surface area (Å²) in [7, 11) is 0. The first-order valence-corrected chi connectivity index (χ1v) is 8.73. The number of nitrogens with zero attached hydrogens (tertiary/aromatic N) is 3. The van der Waals surface area contributed by atoms with Crippen molar-refractivity contribution in [2.24, 2.45) is 21.5 Å². The van der Waals surface area contributed by atoms with Crippen LogP contribution in [0.15, 0.2) is 34.3 Å². The number of hydrogen-bond acceptors (Lipinski definition) is 5. The second-order valence-electron chi connectivity index (χ2n) is 6.59. The van der Waals surface area contributed by atoms with Gasteiger partial charge < -0.3 is 11.5 Å². The SMILES string of the molecule is CCCCc1ccc(N2C(N)=NC(N)=NC23CCCCC3)cc1. The number of unbranched alkanes of at least 4 members (excludes halogenated alkanes) is 1. The lowest BCUT2D eigenvalue weighted by Gasteiger charge is -2.45. The van der Waals surface area contributed by atoms with Gasteiger partial charge in [0.05, 0.1) is 0 Å². The summed E-state index contributed by atoms with van der Waals surface area (Å²) in [4.78, 5) is 11.0. The smallest absolute Gasteiger partial charge is 0.220 e. The lowest BCUT2D eigenvalue weighted by Crippen LogP contribution is -2.58. The fourth-order valence-electron chi connectivity index (χ4n) is 3.69. The van der Waals surface area contributed by atoms with Crippen molar-refractivity contribution in [2.45, 2.75) is 64.0 Å². The molecule has 124 valence electrons. The van der Waals surface area contributed by atoms with Crippen molar-refractivity contribution in [3.8, 4) is 0 Å². The minimum atomic E-state index is -0.348. The van der Waals surface area contributed by atoms with E-state index in [-0.39, 0.29) is 5.66 Å². The van der Waals surface area contributed by atoms with Crippen molar-refractivity contribution in [3.63, 3.8) is 0 Å². The van der Waals surface area contributed by atoms with Crippen molar-refractivity contribution in [1.29, 1.82) is 0 Å². The van der Waals surface area contributed by atoms with Crippen LogP contribution in [-0.2, 0) is 6.42 Å². The molecule has 1 heterocycles. The summed E-state index contributed by atoms with van der Waals surface area (Å²) in [5.74, 6) is 0.765. The maximum atomic E-state index is 6.24. The average molecular weight is 313 g/mol. The van der Waals surface area contributed by atoms with E-state index in [1.165, 1.54) is 24.8 Å². The first-order chi connectivity index (χ1) is 11.1. The van der Waals surface area contributed by atoms with E-state index in [1.807, 2.05) is 0 Å². The third kappa shape index (κ3) is 3.19. The summed E-state index contributed by atoms with van der Waals surface area (Å²) in [6, 6.07) is 8.66. The molecule has 1 aromatic rings. The molecule has 0 amide bonds. The van der Waals surface area contributed by atoms with E-state index >= 15 is 0 Å². The lowest BCUT2D eigenvalue weighted by atomic mass is 9.87. The molecule has 1 spiro atoms. The average Bonchev–Trinajstić information content (AvgIpc) is 2.54. The lowest BCUT2D eigenvalue weighted by molar-refractivity contribution is 0.305. The second kappa shape index (κ2) is 6.60. The van der Waals surface area contributed by atoms with Crippen LogP contribution in [0.2, 0.25) is 0 Å². The summed E-state index contributed by atoms with van der Waals surface area (Å²) < 4.78 is 0. The monoisotopic (exact) mass is 313 g/mol. The van der Waals surface area contributed by atoms with Crippen LogP contribution in [0.3, 0.4) is 0 Å². The summed E-state index contributed by atoms with van der Waals surface area (Å²) in [5.41, 5.74) is 14.2. The molecule has 1 aliphatic heterocycles. The highest BCUT2D eigenvalue weighted by Gasteiger charge is 2.42. The van der Waals surface area contributed by atoms with Crippen LogP contribution in [-0.4, -0.2) is 17.6 Å². The molecular formula is C18H27N5. The number of aryl methyl sites for hydroxylation is 1. The van der Waals surface area contributed by atoms with Gasteiger partial charge >= 0.3 is 0 Å². The molecule has 5 nitrogen and oxygen atoms in total. The van der Waals surface area contributed by atoms with Gasteiger partial charge in [0.2, 0.25) is 11.9 Å². The molecule has 0 unspecified atom stereocenters. The van der Waals surface area contributed by atoms with E-state index in [4.69, 9.17) is 16.5 Å². The molecule has 1 fully saturated rings. The van der Waals surface area contributed by atoms with Crippen LogP contribution in [0, 0.1) is 0 Å². The number of hydrogen-bond donors (Lipinski definition) is 2. The largest absolute Gasteiger partial charge is 0.369 e. The third-order valence-corrected chi connectivity index (χ3v) is 4.86. The Kier molecular flexibility index (Phi) is 4.55. The van der Waals surface area contributed by atoms with Crippen LogP contribution in [0.4, 0.5) is 5.69 Å². The highest BCUT2D eigenvalue weighted by atomic mass is 15.4. The van der Waals surface area contributed by atoms with Crippen molar-refractivity contribution < 1.29 is 0 Å². The maximum absolute atomic E-state index is 6.24. The molecule has 0 saturated heterocycles. The van der Waals surface area contributed by atoms with Gasteiger partial charge in [-0.15, -0.1) is 0 Å². The summed E-state index contributed by atoms with van der Waals surface area (Å²) in [6.07, 6.45) is 9.05. The standard InChI is InChI=1S/C18H27N5/c1-2-3-7-14-8-10-15(11-9-14)23-17(20)21-16(19)22-18(23)12-5-4-6-13-18/h8-11H,2-7,12-13H2,1H3,(H4,19,20,21,22). The Hall–Kier alpha value is -2.04. The van der Waals surface area contributed by atoms with Gasteiger partial charge in [-0.2, -0.15) is 4.99 Å². The van der Waals surface area contributed by atoms with Crippen molar-refractivity contribution >= 4 is 17.6 Å². The summed E-state index contributed by atoms with van der Waals surface area (Å²) in [6.45, 7) is 2.22. The van der Waals surface area contributed by atoms with Gasteiger partial charge in [0.1, 0.15) is 5.66 Å². The zero-order valence-corrected chi connectivity index (χ0v) is 14.0. The molecule has 0 bridgehead atoms. The highest BCUT2D eigenvalue weighted by molar-refractivity contribution is 6.05. The van der Waals surface area contributed by atoms with Gasteiger partial charge in [0.15, 0.2) is 0 Å². The zero-order valence-electron chi connectivity index (χ0n) is 14.0. The summed E-state index contributed by atoms with van der Waals surface area (Å²) >= 11 is 0. The van der Waals surface area contributed by atoms with E-state index in [0.29, 0.717) is 11.9 Å². The van der Waals surface area contributed by atoms with Crippen molar-refractivity contribution in [2.75, 3.05) is 4.90 Å². The zero-order chi connectivity index (χ0) is 16.3. The van der Waals surface area contributed by atoms with Gasteiger partial charge in [0, 0.05) is 5.69 Å². The Balaban J connectivity index is 1.90. The van der Waals surface area contributed by atoms with Gasteiger partial charge in [-0.1, -0.05) is 31.9 Å². The molecule has 0 atom stereocenters. The molecule has 1 saturated carbocycles. The number of nitrogens with two attached hydrogens (primary N) is 2. The molecular weight excluding hydrogens is 286 g/mol. The first-order valence-electron chi connectivity index (χ1n) is 8.73. The Morgan fingerprint density at radius 1 is 1.09 bits per heavy atom. The van der Waals surface area contributed by atoms with E-state index < -0.39 is 0 Å². The third-order valence-electron chi connectivity index (χ3n) is 4.86. The molecule has 2 aliphatic rings. The van der Waals surface area contributed by atoms with Gasteiger partial charge in [0.25, 0.3) is 0 Å². The molecule has 23 heavy (non-hydrogen) atoms. The van der Waals surface area contributed by atoms with Gasteiger partial charge in [-0.25, -0.2) is 4.99 Å². The molecule has 0 aromatic heterocycles. The van der Waals surface area contributed by atoms with E-state index in [1.54, 1.807) is 0 Å². The molecule has 1 aliphatic carbocycles. The van der Waals surface area contributed by atoms with Crippen LogP contribution in [0.5, 0.6) is 0 Å². The van der Waals surface area contributed by atoms with Crippen LogP contribution in [0.1, 0.15) is 57.4 Å². The summed E-state index contributed by atoms with van der Waals surface area (Å²) in [5, 5.41) is 0. The van der Waals surface area contributed by atoms with Crippen LogP contribution >= 0.6 is 0 Å². The predicted octanol–water partition coefficient (Wildman–Crippen LogP) is 3.14. The van der Waals surface area contributed by atoms with Crippen molar-refractivity contribution in [1.82, 2.24) is 0 Å². The Labute approximate surface area is 138 Å². The minimum Gasteiger partial charge on any atom is -0.369 e. The molecule has 5 heteroatoms. The topological polar surface area (TPSA) is 80.0 Å². The number of anilines is 1. The first kappa shape index (κ1) is 15.8. The second-order valence-corrected chi connectivity index (χ2v) is 6.59. The van der Waals surface area contributed by atoms with Crippen molar-refractivity contribution in [3.05, 3.63) is 29.8 Å². The molecule has 4 N–H and O–H groups in total. The molecule has 3 rings (SSSR count). The number of benzene rings is 1. The van der Waals surface area contributed by atoms with Crippen LogP contribution in [0.25, 0.3) is 0 Å². The highest BCUT2D eigenvalue weighted by Crippen LogP contribution is 2.39. The normalized spacial score (nSPS) is 20.3. The Morgan fingerprint density at radius 3 is 2.43 bits per heavy atom. The Bertz CT molecular complexity index is 596. The quantitative estimate of drug-likeness (QED) is 0.896. The van der Waals surface area contributed by atoms with E-state index in [2.05, 4.69) is 41.1 Å². The van der Waals surface area contributed by atoms with Crippen LogP contribution < -0.4 is 16.4 Å². The van der Waals surface area contributed by atoms with Gasteiger partial charge in [-0.3, -0.25) is 4.90 Å². The predicted molar refractivity (Wildman–Crippen MR) is 96.6 cm³/mol. The number of rotatable bonds is 4.